The topological polar surface area (TPSA) is 22.9 Å². The molecule has 0 aliphatic carbocycles. The van der Waals surface area contributed by atoms with Crippen molar-refractivity contribution >= 4 is 27.5 Å². The Bertz CT molecular complexity index is 448. The van der Waals surface area contributed by atoms with E-state index >= 15 is 0 Å². The Morgan fingerprint density at radius 1 is 1.29 bits per heavy atom. The Morgan fingerprint density at radius 2 is 2.00 bits per heavy atom. The van der Waals surface area contributed by atoms with Crippen molar-refractivity contribution < 1.29 is 14.4 Å². The lowest BCUT2D eigenvalue weighted by Gasteiger charge is -2.32. The summed E-state index contributed by atoms with van der Waals surface area (Å²) in [6.45, 7) is 8.51. The van der Waals surface area contributed by atoms with Crippen LogP contribution < -0.4 is 9.64 Å². The largest absolute Gasteiger partial charge is 0.492 e. The number of hydrogen-bond donors (Lipinski definition) is 1. The van der Waals surface area contributed by atoms with Crippen LogP contribution in [0, 0.1) is 0 Å². The second-order valence-corrected chi connectivity index (χ2v) is 7.09. The fourth-order valence-corrected chi connectivity index (χ4v) is 3.64. The highest BCUT2D eigenvalue weighted by Gasteiger charge is 2.24. The third-order valence-corrected chi connectivity index (χ3v) is 4.55. The summed E-state index contributed by atoms with van der Waals surface area (Å²) in [5.41, 5.74) is 0. The van der Waals surface area contributed by atoms with Crippen LogP contribution in [-0.4, -0.2) is 38.4 Å². The number of nitrogens with one attached hydrogen (secondary N) is 1. The molecule has 0 bridgehead atoms. The fraction of sp³-hybridized carbons (Fsp3) is 0.625. The Labute approximate surface area is 140 Å². The van der Waals surface area contributed by atoms with Crippen LogP contribution >= 0.6 is 27.5 Å². The van der Waals surface area contributed by atoms with Gasteiger partial charge in [-0.25, -0.2) is 0 Å². The van der Waals surface area contributed by atoms with Gasteiger partial charge < -0.3 is 14.4 Å². The lowest BCUT2D eigenvalue weighted by Crippen LogP contribution is -3.15. The minimum atomic E-state index is 0.380. The van der Waals surface area contributed by atoms with E-state index in [9.17, 15) is 0 Å². The van der Waals surface area contributed by atoms with Gasteiger partial charge in [0.25, 0.3) is 0 Å². The number of benzene rings is 1. The molecule has 0 spiro atoms. The van der Waals surface area contributed by atoms with Gasteiger partial charge >= 0.3 is 0 Å². The van der Waals surface area contributed by atoms with Crippen molar-refractivity contribution in [1.82, 2.24) is 0 Å². The second-order valence-electron chi connectivity index (χ2n) is 5.80. The number of ether oxygens (including phenoxy) is 2. The zero-order valence-electron chi connectivity index (χ0n) is 12.7. The molecule has 2 atom stereocenters. The van der Waals surface area contributed by atoms with Gasteiger partial charge in [0, 0.05) is 5.02 Å². The molecule has 1 aromatic rings. The van der Waals surface area contributed by atoms with Crippen LogP contribution in [0.3, 0.4) is 0 Å². The van der Waals surface area contributed by atoms with Crippen LogP contribution in [0.15, 0.2) is 22.7 Å². The average molecular weight is 378 g/mol. The van der Waals surface area contributed by atoms with Crippen molar-refractivity contribution in [2.75, 3.05) is 26.2 Å². The average Bonchev–Trinajstić information content (AvgIpc) is 2.39. The molecule has 0 amide bonds. The van der Waals surface area contributed by atoms with Crippen LogP contribution in [0.4, 0.5) is 0 Å². The van der Waals surface area contributed by atoms with Crippen LogP contribution in [-0.2, 0) is 4.74 Å². The van der Waals surface area contributed by atoms with Crippen LogP contribution in [0.2, 0.25) is 5.02 Å². The van der Waals surface area contributed by atoms with E-state index in [1.807, 2.05) is 18.2 Å². The van der Waals surface area contributed by atoms with Crippen LogP contribution in [0.1, 0.15) is 26.7 Å². The molecule has 1 saturated heterocycles. The normalized spacial score (nSPS) is 25.8. The number of morpholine rings is 1. The molecule has 0 unspecified atom stereocenters. The first-order chi connectivity index (χ1) is 10.0. The summed E-state index contributed by atoms with van der Waals surface area (Å²) in [6, 6.07) is 5.61. The Balaban J connectivity index is 1.63. The van der Waals surface area contributed by atoms with Gasteiger partial charge in [-0.2, -0.15) is 0 Å². The van der Waals surface area contributed by atoms with Gasteiger partial charge in [0.05, 0.1) is 17.6 Å². The Hall–Kier alpha value is -0.290. The van der Waals surface area contributed by atoms with Crippen LogP contribution in [0.5, 0.6) is 5.75 Å². The molecular weight excluding hydrogens is 354 g/mol. The molecule has 1 aliphatic heterocycles. The minimum absolute atomic E-state index is 0.380. The van der Waals surface area contributed by atoms with E-state index in [-0.39, 0.29) is 0 Å². The zero-order valence-corrected chi connectivity index (χ0v) is 15.0. The maximum absolute atomic E-state index is 5.91. The molecule has 118 valence electrons. The maximum Gasteiger partial charge on any atom is 0.133 e. The number of quaternary nitrogens is 1. The molecule has 5 heteroatoms. The van der Waals surface area contributed by atoms with Crippen LogP contribution in [0.25, 0.3) is 0 Å². The third-order valence-electron chi connectivity index (χ3n) is 3.69. The summed E-state index contributed by atoms with van der Waals surface area (Å²) in [4.78, 5) is 1.65. The molecule has 0 saturated carbocycles. The number of unbranched alkanes of at least 4 members (excludes halogenated alkanes) is 1. The SMILES string of the molecule is C[C@H]1C[NH+](CCCCOc2ccc(Cl)cc2Br)C[C@H](C)O1. The Morgan fingerprint density at radius 3 is 2.67 bits per heavy atom. The van der Waals surface area contributed by atoms with E-state index in [4.69, 9.17) is 21.1 Å². The first-order valence-electron chi connectivity index (χ1n) is 7.61. The quantitative estimate of drug-likeness (QED) is 0.770. The number of halogens is 2. The molecule has 21 heavy (non-hydrogen) atoms. The number of rotatable bonds is 6. The van der Waals surface area contributed by atoms with E-state index in [0.29, 0.717) is 17.2 Å². The van der Waals surface area contributed by atoms with E-state index in [1.54, 1.807) is 4.90 Å². The van der Waals surface area contributed by atoms with Gasteiger partial charge in [-0.1, -0.05) is 11.6 Å². The summed E-state index contributed by atoms with van der Waals surface area (Å²) in [6.07, 6.45) is 3.01. The molecule has 0 aromatic heterocycles. The van der Waals surface area contributed by atoms with Crippen molar-refractivity contribution in [3.63, 3.8) is 0 Å². The molecular formula is C16H24BrClNO2+. The zero-order chi connectivity index (χ0) is 15.2. The molecule has 3 nitrogen and oxygen atoms in total. The predicted octanol–water partition coefficient (Wildman–Crippen LogP) is 2.95. The van der Waals surface area contributed by atoms with Gasteiger partial charge in [-0.05, 0) is 60.8 Å². The highest BCUT2D eigenvalue weighted by molar-refractivity contribution is 9.10. The molecule has 2 rings (SSSR count). The molecule has 1 heterocycles. The summed E-state index contributed by atoms with van der Waals surface area (Å²) in [7, 11) is 0. The first-order valence-corrected chi connectivity index (χ1v) is 8.78. The maximum atomic E-state index is 5.91. The fourth-order valence-electron chi connectivity index (χ4n) is 2.84. The first kappa shape index (κ1) is 17.1. The summed E-state index contributed by atoms with van der Waals surface area (Å²) >= 11 is 9.38. The van der Waals surface area contributed by atoms with Crippen molar-refractivity contribution in [2.24, 2.45) is 0 Å². The van der Waals surface area contributed by atoms with Gasteiger partial charge in [-0.15, -0.1) is 0 Å². The molecule has 1 fully saturated rings. The standard InChI is InChI=1S/C16H23BrClNO2/c1-12-10-19(11-13(2)21-12)7-3-4-8-20-16-6-5-14(18)9-15(16)17/h5-6,9,12-13H,3-4,7-8,10-11H2,1-2H3/p+1/t12-,13-/m0/s1. The van der Waals surface area contributed by atoms with Crippen molar-refractivity contribution in [1.29, 1.82) is 0 Å². The lowest BCUT2D eigenvalue weighted by atomic mass is 10.2. The van der Waals surface area contributed by atoms with Gasteiger partial charge in [-0.3, -0.25) is 0 Å². The van der Waals surface area contributed by atoms with E-state index < -0.39 is 0 Å². The van der Waals surface area contributed by atoms with Crippen molar-refractivity contribution in [3.8, 4) is 5.75 Å². The highest BCUT2D eigenvalue weighted by Crippen LogP contribution is 2.27. The Kier molecular flexibility index (Phi) is 6.80. The smallest absolute Gasteiger partial charge is 0.133 e. The van der Waals surface area contributed by atoms with Gasteiger partial charge in [0.15, 0.2) is 0 Å². The van der Waals surface area contributed by atoms with Gasteiger partial charge in [0.2, 0.25) is 0 Å². The molecule has 1 aromatic carbocycles. The lowest BCUT2D eigenvalue weighted by molar-refractivity contribution is -0.915. The summed E-state index contributed by atoms with van der Waals surface area (Å²) in [5.74, 6) is 0.861. The number of hydrogen-bond acceptors (Lipinski definition) is 2. The monoisotopic (exact) mass is 376 g/mol. The molecule has 0 radical (unpaired) electrons. The van der Waals surface area contributed by atoms with E-state index in [2.05, 4.69) is 29.8 Å². The molecule has 1 N–H and O–H groups in total. The van der Waals surface area contributed by atoms with E-state index in [0.717, 1.165) is 36.3 Å². The summed E-state index contributed by atoms with van der Waals surface area (Å²) < 4.78 is 12.5. The molecule has 1 aliphatic rings. The predicted molar refractivity (Wildman–Crippen MR) is 89.5 cm³/mol. The van der Waals surface area contributed by atoms with Gasteiger partial charge in [0.1, 0.15) is 31.0 Å². The second kappa shape index (κ2) is 8.37. The van der Waals surface area contributed by atoms with Crippen molar-refractivity contribution in [3.05, 3.63) is 27.7 Å². The highest BCUT2D eigenvalue weighted by atomic mass is 79.9. The van der Waals surface area contributed by atoms with E-state index in [1.165, 1.54) is 13.0 Å². The third kappa shape index (κ3) is 5.78. The van der Waals surface area contributed by atoms with Crippen molar-refractivity contribution in [2.45, 2.75) is 38.9 Å². The summed E-state index contributed by atoms with van der Waals surface area (Å²) in [5, 5.41) is 0.716. The minimum Gasteiger partial charge on any atom is -0.492 e.